The van der Waals surface area contributed by atoms with Gasteiger partial charge in [-0.25, -0.2) is 0 Å². The molecule has 0 aromatic carbocycles. The Morgan fingerprint density at radius 1 is 1.40 bits per heavy atom. The fourth-order valence-corrected chi connectivity index (χ4v) is 2.35. The van der Waals surface area contributed by atoms with E-state index in [9.17, 15) is 9.59 Å². The van der Waals surface area contributed by atoms with Crippen LogP contribution < -0.4 is 10.6 Å². The van der Waals surface area contributed by atoms with E-state index in [1.165, 1.54) is 0 Å². The number of carboxylic acids is 1. The molecule has 1 aliphatic heterocycles. The van der Waals surface area contributed by atoms with Gasteiger partial charge >= 0.3 is 5.97 Å². The van der Waals surface area contributed by atoms with Gasteiger partial charge in [0, 0.05) is 19.7 Å². The van der Waals surface area contributed by atoms with Crippen LogP contribution in [0.1, 0.15) is 39.5 Å². The van der Waals surface area contributed by atoms with Gasteiger partial charge in [0.2, 0.25) is 5.91 Å². The van der Waals surface area contributed by atoms with Crippen LogP contribution in [0.3, 0.4) is 0 Å². The van der Waals surface area contributed by atoms with Crippen LogP contribution in [0.4, 0.5) is 0 Å². The van der Waals surface area contributed by atoms with E-state index in [-0.39, 0.29) is 30.0 Å². The number of hydrogen-bond acceptors (Lipinski definition) is 4. The molecule has 1 saturated heterocycles. The molecule has 0 radical (unpaired) electrons. The fraction of sp³-hybridized carbons (Fsp3) is 0.857. The smallest absolute Gasteiger partial charge is 0.306 e. The van der Waals surface area contributed by atoms with Gasteiger partial charge in [-0.2, -0.15) is 0 Å². The van der Waals surface area contributed by atoms with Crippen LogP contribution in [0, 0.1) is 5.92 Å². The van der Waals surface area contributed by atoms with Crippen LogP contribution in [0.5, 0.6) is 0 Å². The van der Waals surface area contributed by atoms with Crippen molar-refractivity contribution >= 4 is 11.9 Å². The summed E-state index contributed by atoms with van der Waals surface area (Å²) >= 11 is 0. The first kappa shape index (κ1) is 16.9. The van der Waals surface area contributed by atoms with Gasteiger partial charge in [-0.15, -0.1) is 0 Å². The molecule has 0 aromatic rings. The van der Waals surface area contributed by atoms with Crippen molar-refractivity contribution in [3.05, 3.63) is 0 Å². The standard InChI is InChI=1S/C14H26N2O4/c1-9(14(18)19)5-4-6-10(2)16-13(17)12-7-11(20-3)8-15-12/h9-12,15H,4-8H2,1-3H3,(H,16,17)(H,18,19). The molecule has 3 N–H and O–H groups in total. The lowest BCUT2D eigenvalue weighted by Gasteiger charge is -2.17. The Hall–Kier alpha value is -1.14. The lowest BCUT2D eigenvalue weighted by atomic mass is 10.0. The minimum Gasteiger partial charge on any atom is -0.481 e. The molecule has 0 bridgehead atoms. The maximum Gasteiger partial charge on any atom is 0.306 e. The van der Waals surface area contributed by atoms with Gasteiger partial charge in [-0.05, 0) is 26.2 Å². The lowest BCUT2D eigenvalue weighted by molar-refractivity contribution is -0.141. The molecule has 1 amide bonds. The number of ether oxygens (including phenoxy) is 1. The zero-order chi connectivity index (χ0) is 15.1. The van der Waals surface area contributed by atoms with Gasteiger partial charge < -0.3 is 20.5 Å². The van der Waals surface area contributed by atoms with Gasteiger partial charge in [0.15, 0.2) is 0 Å². The Labute approximate surface area is 120 Å². The minimum atomic E-state index is -0.762. The molecule has 6 nitrogen and oxygen atoms in total. The number of rotatable bonds is 8. The van der Waals surface area contributed by atoms with Crippen molar-refractivity contribution in [2.45, 2.75) is 57.7 Å². The van der Waals surface area contributed by atoms with Crippen molar-refractivity contribution in [3.8, 4) is 0 Å². The second kappa shape index (κ2) is 8.21. The van der Waals surface area contributed by atoms with Crippen LogP contribution in [-0.2, 0) is 14.3 Å². The number of aliphatic carboxylic acids is 1. The van der Waals surface area contributed by atoms with Crippen molar-refractivity contribution in [1.82, 2.24) is 10.6 Å². The van der Waals surface area contributed by atoms with E-state index in [0.717, 1.165) is 12.8 Å². The van der Waals surface area contributed by atoms with Crippen LogP contribution in [-0.4, -0.2) is 48.8 Å². The first-order valence-electron chi connectivity index (χ1n) is 7.23. The van der Waals surface area contributed by atoms with Crippen molar-refractivity contribution in [3.63, 3.8) is 0 Å². The highest BCUT2D eigenvalue weighted by Gasteiger charge is 2.29. The second-order valence-electron chi connectivity index (χ2n) is 5.63. The van der Waals surface area contributed by atoms with Gasteiger partial charge in [-0.3, -0.25) is 9.59 Å². The van der Waals surface area contributed by atoms with E-state index >= 15 is 0 Å². The predicted octanol–water partition coefficient (Wildman–Crippen LogP) is 0.759. The molecule has 1 heterocycles. The third-order valence-corrected chi connectivity index (χ3v) is 3.82. The van der Waals surface area contributed by atoms with Crippen LogP contribution >= 0.6 is 0 Å². The van der Waals surface area contributed by atoms with Gasteiger partial charge in [-0.1, -0.05) is 13.3 Å². The first-order chi connectivity index (χ1) is 9.43. The summed E-state index contributed by atoms with van der Waals surface area (Å²) in [6.07, 6.45) is 3.04. The van der Waals surface area contributed by atoms with E-state index in [1.54, 1.807) is 14.0 Å². The molecule has 1 rings (SSSR count). The average Bonchev–Trinajstić information content (AvgIpc) is 2.87. The summed E-state index contributed by atoms with van der Waals surface area (Å²) in [4.78, 5) is 22.7. The third kappa shape index (κ3) is 5.46. The average molecular weight is 286 g/mol. The van der Waals surface area contributed by atoms with E-state index < -0.39 is 5.97 Å². The van der Waals surface area contributed by atoms with Gasteiger partial charge in [0.1, 0.15) is 0 Å². The monoisotopic (exact) mass is 286 g/mol. The summed E-state index contributed by atoms with van der Waals surface area (Å²) < 4.78 is 5.21. The van der Waals surface area contributed by atoms with Gasteiger partial charge in [0.25, 0.3) is 0 Å². The number of carbonyl (C=O) groups excluding carboxylic acids is 1. The molecule has 0 spiro atoms. The molecule has 20 heavy (non-hydrogen) atoms. The molecular weight excluding hydrogens is 260 g/mol. The summed E-state index contributed by atoms with van der Waals surface area (Å²) in [5.74, 6) is -1.08. The predicted molar refractivity (Wildman–Crippen MR) is 75.5 cm³/mol. The molecule has 6 heteroatoms. The van der Waals surface area contributed by atoms with Crippen LogP contribution in [0.2, 0.25) is 0 Å². The molecule has 4 unspecified atom stereocenters. The quantitative estimate of drug-likeness (QED) is 0.613. The number of amides is 1. The zero-order valence-electron chi connectivity index (χ0n) is 12.5. The van der Waals surface area contributed by atoms with E-state index in [4.69, 9.17) is 9.84 Å². The van der Waals surface area contributed by atoms with Crippen LogP contribution in [0.15, 0.2) is 0 Å². The third-order valence-electron chi connectivity index (χ3n) is 3.82. The Balaban J connectivity index is 2.20. The summed E-state index contributed by atoms with van der Waals surface area (Å²) in [7, 11) is 1.65. The van der Waals surface area contributed by atoms with Crippen LogP contribution in [0.25, 0.3) is 0 Å². The summed E-state index contributed by atoms with van der Waals surface area (Å²) in [5.41, 5.74) is 0. The van der Waals surface area contributed by atoms with E-state index in [1.807, 2.05) is 6.92 Å². The van der Waals surface area contributed by atoms with Crippen molar-refractivity contribution < 1.29 is 19.4 Å². The second-order valence-corrected chi connectivity index (χ2v) is 5.63. The maximum absolute atomic E-state index is 12.0. The zero-order valence-corrected chi connectivity index (χ0v) is 12.5. The fourth-order valence-electron chi connectivity index (χ4n) is 2.35. The molecule has 0 aromatic heterocycles. The van der Waals surface area contributed by atoms with Crippen molar-refractivity contribution in [2.75, 3.05) is 13.7 Å². The van der Waals surface area contributed by atoms with E-state index in [0.29, 0.717) is 19.4 Å². The minimum absolute atomic E-state index is 0.00309. The normalized spacial score (nSPS) is 25.1. The molecule has 4 atom stereocenters. The molecule has 1 aliphatic rings. The van der Waals surface area contributed by atoms with E-state index in [2.05, 4.69) is 10.6 Å². The Bertz CT molecular complexity index is 335. The highest BCUT2D eigenvalue weighted by atomic mass is 16.5. The topological polar surface area (TPSA) is 87.7 Å². The molecule has 116 valence electrons. The number of carboxylic acid groups (broad SMARTS) is 1. The molecule has 0 aliphatic carbocycles. The first-order valence-corrected chi connectivity index (χ1v) is 7.23. The van der Waals surface area contributed by atoms with Crippen molar-refractivity contribution in [1.29, 1.82) is 0 Å². The summed E-state index contributed by atoms with van der Waals surface area (Å²) in [6, 6.07) is -0.118. The Morgan fingerprint density at radius 3 is 2.65 bits per heavy atom. The number of nitrogens with one attached hydrogen (secondary N) is 2. The largest absolute Gasteiger partial charge is 0.481 e. The Kier molecular flexibility index (Phi) is 6.95. The maximum atomic E-state index is 12.0. The lowest BCUT2D eigenvalue weighted by Crippen LogP contribution is -2.44. The highest BCUT2D eigenvalue weighted by molar-refractivity contribution is 5.82. The summed E-state index contributed by atoms with van der Waals surface area (Å²) in [6.45, 7) is 4.37. The SMILES string of the molecule is COC1CNC(C(=O)NC(C)CCCC(C)C(=O)O)C1. The molecular formula is C14H26N2O4. The molecule has 0 saturated carbocycles. The number of hydrogen-bond donors (Lipinski definition) is 3. The summed E-state index contributed by atoms with van der Waals surface area (Å²) in [5, 5.41) is 14.9. The highest BCUT2D eigenvalue weighted by Crippen LogP contribution is 2.12. The number of carbonyl (C=O) groups is 2. The van der Waals surface area contributed by atoms with Crippen molar-refractivity contribution in [2.24, 2.45) is 5.92 Å². The molecule has 1 fully saturated rings. The number of methoxy groups -OCH3 is 1. The Morgan fingerprint density at radius 2 is 2.10 bits per heavy atom. The van der Waals surface area contributed by atoms with Gasteiger partial charge in [0.05, 0.1) is 18.1 Å².